The molecular weight excluding hydrogens is 338 g/mol. The van der Waals surface area contributed by atoms with Crippen LogP contribution < -0.4 is 10.6 Å². The van der Waals surface area contributed by atoms with Crippen LogP contribution in [-0.2, 0) is 4.79 Å². The summed E-state index contributed by atoms with van der Waals surface area (Å²) in [6.45, 7) is 4.77. The Kier molecular flexibility index (Phi) is 6.12. The van der Waals surface area contributed by atoms with Gasteiger partial charge in [0.05, 0.1) is 0 Å². The number of benzene rings is 2. The van der Waals surface area contributed by atoms with Crippen LogP contribution in [0, 0.1) is 0 Å². The summed E-state index contributed by atoms with van der Waals surface area (Å²) in [4.78, 5) is 25.8. The van der Waals surface area contributed by atoms with Crippen LogP contribution >= 0.6 is 0 Å². The highest BCUT2D eigenvalue weighted by atomic mass is 16.2. The summed E-state index contributed by atoms with van der Waals surface area (Å²) in [7, 11) is 0. The number of amides is 3. The fourth-order valence-electron chi connectivity index (χ4n) is 3.81. The first kappa shape index (κ1) is 19.0. The Morgan fingerprint density at radius 1 is 1.00 bits per heavy atom. The molecule has 0 aliphatic carbocycles. The molecule has 0 bridgehead atoms. The SMILES string of the molecule is CC(=O)N[C@H]1CCN(C(=O)N[C@H](C)C(c2ccccc2)c2ccccc2)C1. The quantitative estimate of drug-likeness (QED) is 0.855. The van der Waals surface area contributed by atoms with Crippen LogP contribution in [0.25, 0.3) is 0 Å². The minimum absolute atomic E-state index is 0.0441. The van der Waals surface area contributed by atoms with Gasteiger partial charge in [0, 0.05) is 38.0 Å². The minimum Gasteiger partial charge on any atom is -0.352 e. The van der Waals surface area contributed by atoms with E-state index in [2.05, 4.69) is 34.9 Å². The minimum atomic E-state index is -0.0767. The number of carbonyl (C=O) groups excluding carboxylic acids is 2. The Labute approximate surface area is 160 Å². The van der Waals surface area contributed by atoms with Gasteiger partial charge < -0.3 is 15.5 Å². The van der Waals surface area contributed by atoms with E-state index in [1.165, 1.54) is 18.1 Å². The Hall–Kier alpha value is -2.82. The maximum atomic E-state index is 12.8. The molecule has 142 valence electrons. The standard InChI is InChI=1S/C22H27N3O2/c1-16(23-22(27)25-14-13-20(15-25)24-17(2)26)21(18-9-5-3-6-10-18)19-11-7-4-8-12-19/h3-12,16,20-21H,13-15H2,1-2H3,(H,23,27)(H,24,26)/t16-,20+/m1/s1. The zero-order valence-electron chi connectivity index (χ0n) is 15.9. The van der Waals surface area contributed by atoms with Gasteiger partial charge in [0.1, 0.15) is 0 Å². The Balaban J connectivity index is 1.71. The average Bonchev–Trinajstić information content (AvgIpc) is 3.11. The Morgan fingerprint density at radius 2 is 1.56 bits per heavy atom. The fourth-order valence-corrected chi connectivity index (χ4v) is 3.81. The first-order valence-electron chi connectivity index (χ1n) is 9.47. The summed E-state index contributed by atoms with van der Waals surface area (Å²) < 4.78 is 0. The molecule has 3 rings (SSSR count). The van der Waals surface area contributed by atoms with Gasteiger partial charge in [-0.1, -0.05) is 60.7 Å². The van der Waals surface area contributed by atoms with E-state index >= 15 is 0 Å². The fraction of sp³-hybridized carbons (Fsp3) is 0.364. The molecule has 1 heterocycles. The molecule has 1 fully saturated rings. The lowest BCUT2D eigenvalue weighted by Gasteiger charge is -2.28. The van der Waals surface area contributed by atoms with E-state index in [9.17, 15) is 9.59 Å². The molecular formula is C22H27N3O2. The number of rotatable bonds is 5. The lowest BCUT2D eigenvalue weighted by Crippen LogP contribution is -2.46. The average molecular weight is 365 g/mol. The summed E-state index contributed by atoms with van der Waals surface area (Å²) in [6.07, 6.45) is 0.794. The molecule has 0 aromatic heterocycles. The van der Waals surface area contributed by atoms with Gasteiger partial charge in [-0.15, -0.1) is 0 Å². The normalized spacial score (nSPS) is 17.6. The van der Waals surface area contributed by atoms with Gasteiger partial charge in [0.25, 0.3) is 0 Å². The number of urea groups is 1. The number of hydrogen-bond acceptors (Lipinski definition) is 2. The van der Waals surface area contributed by atoms with Crippen molar-refractivity contribution in [2.24, 2.45) is 0 Å². The predicted molar refractivity (Wildman–Crippen MR) is 107 cm³/mol. The van der Waals surface area contributed by atoms with Gasteiger partial charge in [-0.25, -0.2) is 4.79 Å². The number of carbonyl (C=O) groups is 2. The van der Waals surface area contributed by atoms with Gasteiger partial charge in [-0.3, -0.25) is 4.79 Å². The van der Waals surface area contributed by atoms with Crippen LogP contribution in [0.3, 0.4) is 0 Å². The van der Waals surface area contributed by atoms with Crippen LogP contribution in [0.1, 0.15) is 37.3 Å². The summed E-state index contributed by atoms with van der Waals surface area (Å²) in [6, 6.07) is 20.4. The number of nitrogens with one attached hydrogen (secondary N) is 2. The molecule has 2 aromatic carbocycles. The monoisotopic (exact) mass is 365 g/mol. The van der Waals surface area contributed by atoms with Crippen molar-refractivity contribution in [1.29, 1.82) is 0 Å². The molecule has 2 N–H and O–H groups in total. The molecule has 0 spiro atoms. The van der Waals surface area contributed by atoms with Crippen LogP contribution in [0.5, 0.6) is 0 Å². The first-order chi connectivity index (χ1) is 13.0. The topological polar surface area (TPSA) is 61.4 Å². The molecule has 1 aliphatic rings. The van der Waals surface area contributed by atoms with Crippen molar-refractivity contribution in [1.82, 2.24) is 15.5 Å². The molecule has 3 amide bonds. The molecule has 1 saturated heterocycles. The summed E-state index contributed by atoms with van der Waals surface area (Å²) in [5, 5.41) is 6.06. The zero-order valence-corrected chi connectivity index (χ0v) is 15.9. The number of hydrogen-bond donors (Lipinski definition) is 2. The van der Waals surface area contributed by atoms with E-state index in [-0.39, 0.29) is 29.9 Å². The second-order valence-corrected chi connectivity index (χ2v) is 7.17. The highest BCUT2D eigenvalue weighted by Crippen LogP contribution is 2.28. The molecule has 27 heavy (non-hydrogen) atoms. The van der Waals surface area contributed by atoms with E-state index in [1.54, 1.807) is 4.90 Å². The van der Waals surface area contributed by atoms with Crippen molar-refractivity contribution in [3.05, 3.63) is 71.8 Å². The van der Waals surface area contributed by atoms with E-state index in [1.807, 2.05) is 43.3 Å². The van der Waals surface area contributed by atoms with Crippen molar-refractivity contribution < 1.29 is 9.59 Å². The molecule has 2 atom stereocenters. The first-order valence-corrected chi connectivity index (χ1v) is 9.47. The zero-order chi connectivity index (χ0) is 19.2. The van der Waals surface area contributed by atoms with Gasteiger partial charge in [0.15, 0.2) is 0 Å². The maximum Gasteiger partial charge on any atom is 0.317 e. The van der Waals surface area contributed by atoms with E-state index < -0.39 is 0 Å². The summed E-state index contributed by atoms with van der Waals surface area (Å²) in [5.74, 6) is 0.0222. The molecule has 2 aromatic rings. The van der Waals surface area contributed by atoms with Gasteiger partial charge >= 0.3 is 6.03 Å². The second-order valence-electron chi connectivity index (χ2n) is 7.17. The molecule has 0 radical (unpaired) electrons. The highest BCUT2D eigenvalue weighted by molar-refractivity contribution is 5.76. The van der Waals surface area contributed by atoms with E-state index in [4.69, 9.17) is 0 Å². The van der Waals surface area contributed by atoms with Crippen molar-refractivity contribution in [2.75, 3.05) is 13.1 Å². The maximum absolute atomic E-state index is 12.8. The molecule has 5 heteroatoms. The molecule has 0 saturated carbocycles. The molecule has 5 nitrogen and oxygen atoms in total. The van der Waals surface area contributed by atoms with Crippen molar-refractivity contribution in [3.63, 3.8) is 0 Å². The van der Waals surface area contributed by atoms with Gasteiger partial charge in [-0.05, 0) is 24.5 Å². The third kappa shape index (κ3) is 4.88. The number of nitrogens with zero attached hydrogens (tertiary/aromatic N) is 1. The Bertz CT molecular complexity index is 724. The van der Waals surface area contributed by atoms with Crippen molar-refractivity contribution in [2.45, 2.75) is 38.3 Å². The van der Waals surface area contributed by atoms with Crippen LogP contribution in [0.15, 0.2) is 60.7 Å². The highest BCUT2D eigenvalue weighted by Gasteiger charge is 2.29. The molecule has 0 unspecified atom stereocenters. The second kappa shape index (κ2) is 8.71. The predicted octanol–water partition coefficient (Wildman–Crippen LogP) is 3.13. The third-order valence-corrected chi connectivity index (χ3v) is 5.05. The van der Waals surface area contributed by atoms with E-state index in [0.717, 1.165) is 6.42 Å². The smallest absolute Gasteiger partial charge is 0.317 e. The van der Waals surface area contributed by atoms with E-state index in [0.29, 0.717) is 13.1 Å². The summed E-state index contributed by atoms with van der Waals surface area (Å²) >= 11 is 0. The number of likely N-dealkylation sites (tertiary alicyclic amines) is 1. The third-order valence-electron chi connectivity index (χ3n) is 5.05. The lowest BCUT2D eigenvalue weighted by atomic mass is 9.86. The molecule has 1 aliphatic heterocycles. The van der Waals surface area contributed by atoms with Crippen molar-refractivity contribution >= 4 is 11.9 Å². The lowest BCUT2D eigenvalue weighted by molar-refractivity contribution is -0.119. The van der Waals surface area contributed by atoms with Crippen LogP contribution in [-0.4, -0.2) is 42.0 Å². The van der Waals surface area contributed by atoms with Crippen molar-refractivity contribution in [3.8, 4) is 0 Å². The van der Waals surface area contributed by atoms with Gasteiger partial charge in [-0.2, -0.15) is 0 Å². The van der Waals surface area contributed by atoms with Gasteiger partial charge in [0.2, 0.25) is 5.91 Å². The Morgan fingerprint density at radius 3 is 2.07 bits per heavy atom. The van der Waals surface area contributed by atoms with Crippen LogP contribution in [0.2, 0.25) is 0 Å². The van der Waals surface area contributed by atoms with Crippen LogP contribution in [0.4, 0.5) is 4.79 Å². The summed E-state index contributed by atoms with van der Waals surface area (Å²) in [5.41, 5.74) is 2.35. The largest absolute Gasteiger partial charge is 0.352 e.